The van der Waals surface area contributed by atoms with Gasteiger partial charge in [-0.2, -0.15) is 0 Å². The van der Waals surface area contributed by atoms with E-state index in [4.69, 9.17) is 0 Å². The van der Waals surface area contributed by atoms with Crippen molar-refractivity contribution in [3.05, 3.63) is 42.5 Å². The molecular weight excluding hydrogens is 288 g/mol. The van der Waals surface area contributed by atoms with Crippen LogP contribution in [0.15, 0.2) is 36.9 Å². The van der Waals surface area contributed by atoms with Gasteiger partial charge in [0.2, 0.25) is 10.0 Å². The van der Waals surface area contributed by atoms with Crippen LogP contribution in [0.1, 0.15) is 24.2 Å². The van der Waals surface area contributed by atoms with E-state index in [1.54, 1.807) is 24.3 Å². The second kappa shape index (κ2) is 7.26. The van der Waals surface area contributed by atoms with Crippen molar-refractivity contribution < 1.29 is 13.2 Å². The van der Waals surface area contributed by atoms with Gasteiger partial charge < -0.3 is 5.32 Å². The molecule has 0 fully saturated rings. The number of anilines is 1. The van der Waals surface area contributed by atoms with Crippen LogP contribution in [0.2, 0.25) is 0 Å². The van der Waals surface area contributed by atoms with E-state index in [1.165, 1.54) is 10.4 Å². The molecule has 116 valence electrons. The highest BCUT2D eigenvalue weighted by atomic mass is 32.2. The van der Waals surface area contributed by atoms with E-state index in [0.29, 0.717) is 23.7 Å². The molecule has 21 heavy (non-hydrogen) atoms. The van der Waals surface area contributed by atoms with E-state index in [2.05, 4.69) is 11.9 Å². The van der Waals surface area contributed by atoms with Gasteiger partial charge in [-0.3, -0.25) is 9.10 Å². The summed E-state index contributed by atoms with van der Waals surface area (Å²) in [5.74, 6) is 0.214. The van der Waals surface area contributed by atoms with Crippen molar-refractivity contribution in [2.24, 2.45) is 5.92 Å². The molecule has 0 atom stereocenters. The first-order valence-corrected chi connectivity index (χ1v) is 8.57. The van der Waals surface area contributed by atoms with Crippen LogP contribution < -0.4 is 9.62 Å². The molecule has 0 spiro atoms. The van der Waals surface area contributed by atoms with Crippen molar-refractivity contribution in [1.82, 2.24) is 5.32 Å². The lowest BCUT2D eigenvalue weighted by atomic mass is 10.1. The van der Waals surface area contributed by atoms with Crippen LogP contribution in [0.5, 0.6) is 0 Å². The summed E-state index contributed by atoms with van der Waals surface area (Å²) in [5.41, 5.74) is 1.02. The van der Waals surface area contributed by atoms with Gasteiger partial charge in [0, 0.05) is 12.1 Å². The van der Waals surface area contributed by atoms with Crippen molar-refractivity contribution in [2.45, 2.75) is 13.8 Å². The fourth-order valence-electron chi connectivity index (χ4n) is 1.73. The molecule has 1 rings (SSSR count). The first-order chi connectivity index (χ1) is 9.75. The van der Waals surface area contributed by atoms with Crippen LogP contribution >= 0.6 is 0 Å². The lowest BCUT2D eigenvalue weighted by Crippen LogP contribution is -2.30. The zero-order valence-corrected chi connectivity index (χ0v) is 13.5. The van der Waals surface area contributed by atoms with Gasteiger partial charge in [0.15, 0.2) is 0 Å². The molecule has 0 unspecified atom stereocenters. The Labute approximate surface area is 126 Å². The number of nitrogens with zero attached hydrogens (tertiary/aromatic N) is 1. The Bertz CT molecular complexity index is 592. The smallest absolute Gasteiger partial charge is 0.251 e. The average molecular weight is 310 g/mol. The Morgan fingerprint density at radius 1 is 1.33 bits per heavy atom. The molecule has 0 bridgehead atoms. The van der Waals surface area contributed by atoms with E-state index in [9.17, 15) is 13.2 Å². The minimum atomic E-state index is -3.37. The third-order valence-corrected chi connectivity index (χ3v) is 3.94. The molecule has 0 saturated carbocycles. The Hall–Kier alpha value is -1.82. The summed E-state index contributed by atoms with van der Waals surface area (Å²) in [4.78, 5) is 11.9. The van der Waals surface area contributed by atoms with Gasteiger partial charge in [0.1, 0.15) is 0 Å². The van der Waals surface area contributed by atoms with E-state index in [-0.39, 0.29) is 12.5 Å². The molecule has 0 saturated heterocycles. The Morgan fingerprint density at radius 3 is 2.33 bits per heavy atom. The van der Waals surface area contributed by atoms with Crippen molar-refractivity contribution in [3.8, 4) is 0 Å². The first kappa shape index (κ1) is 17.2. The number of carbonyl (C=O) groups excluding carboxylic acids is 1. The highest BCUT2D eigenvalue weighted by molar-refractivity contribution is 7.92. The van der Waals surface area contributed by atoms with Gasteiger partial charge in [0.25, 0.3) is 5.91 Å². The van der Waals surface area contributed by atoms with Gasteiger partial charge >= 0.3 is 0 Å². The van der Waals surface area contributed by atoms with Crippen molar-refractivity contribution >= 4 is 21.6 Å². The SMILES string of the molecule is C=CCN(c1ccc(C(=O)NCC(C)C)cc1)S(C)(=O)=O. The quantitative estimate of drug-likeness (QED) is 0.784. The van der Waals surface area contributed by atoms with Gasteiger partial charge in [-0.15, -0.1) is 6.58 Å². The molecule has 1 amide bonds. The minimum Gasteiger partial charge on any atom is -0.352 e. The number of amides is 1. The molecule has 1 aromatic carbocycles. The standard InChI is InChI=1S/C15H22N2O3S/c1-5-10-17(21(4,19)20)14-8-6-13(7-9-14)15(18)16-11-12(2)3/h5-9,12H,1,10-11H2,2-4H3,(H,16,18). The Morgan fingerprint density at radius 2 is 1.90 bits per heavy atom. The first-order valence-electron chi connectivity index (χ1n) is 6.72. The maximum Gasteiger partial charge on any atom is 0.251 e. The lowest BCUT2D eigenvalue weighted by Gasteiger charge is -2.20. The molecule has 0 aliphatic carbocycles. The molecule has 0 radical (unpaired) electrons. The van der Waals surface area contributed by atoms with Crippen LogP contribution in [0.25, 0.3) is 0 Å². The zero-order valence-electron chi connectivity index (χ0n) is 12.7. The molecule has 0 aliphatic rings. The normalized spacial score (nSPS) is 11.2. The molecule has 5 nitrogen and oxygen atoms in total. The van der Waals surface area contributed by atoms with Gasteiger partial charge in [-0.25, -0.2) is 8.42 Å². The number of nitrogens with one attached hydrogen (secondary N) is 1. The highest BCUT2D eigenvalue weighted by Crippen LogP contribution is 2.18. The van der Waals surface area contributed by atoms with Gasteiger partial charge in [-0.1, -0.05) is 19.9 Å². The number of benzene rings is 1. The third-order valence-electron chi connectivity index (χ3n) is 2.78. The van der Waals surface area contributed by atoms with Gasteiger partial charge in [0.05, 0.1) is 18.5 Å². The second-order valence-electron chi connectivity index (χ2n) is 5.23. The summed E-state index contributed by atoms with van der Waals surface area (Å²) in [7, 11) is -3.37. The predicted octanol–water partition coefficient (Wildman–Crippen LogP) is 2.02. The third kappa shape index (κ3) is 5.23. The highest BCUT2D eigenvalue weighted by Gasteiger charge is 2.16. The van der Waals surface area contributed by atoms with Crippen LogP contribution in [0, 0.1) is 5.92 Å². The molecule has 1 N–H and O–H groups in total. The topological polar surface area (TPSA) is 66.5 Å². The summed E-state index contributed by atoms with van der Waals surface area (Å²) in [5, 5.41) is 2.82. The van der Waals surface area contributed by atoms with E-state index in [0.717, 1.165) is 6.26 Å². The second-order valence-corrected chi connectivity index (χ2v) is 7.14. The van der Waals surface area contributed by atoms with E-state index in [1.807, 2.05) is 13.8 Å². The van der Waals surface area contributed by atoms with E-state index < -0.39 is 10.0 Å². The van der Waals surface area contributed by atoms with Crippen LogP contribution in [0.4, 0.5) is 5.69 Å². The fraction of sp³-hybridized carbons (Fsp3) is 0.400. The molecule has 0 heterocycles. The molecule has 1 aromatic rings. The van der Waals surface area contributed by atoms with Crippen molar-refractivity contribution in [3.63, 3.8) is 0 Å². The fourth-order valence-corrected chi connectivity index (χ4v) is 2.61. The monoisotopic (exact) mass is 310 g/mol. The summed E-state index contributed by atoms with van der Waals surface area (Å²) in [6, 6.07) is 6.47. The van der Waals surface area contributed by atoms with Crippen LogP contribution in [0.3, 0.4) is 0 Å². The predicted molar refractivity (Wildman–Crippen MR) is 86.0 cm³/mol. The Balaban J connectivity index is 2.90. The molecule has 0 aliphatic heterocycles. The van der Waals surface area contributed by atoms with Crippen LogP contribution in [-0.4, -0.2) is 33.7 Å². The average Bonchev–Trinajstić information content (AvgIpc) is 2.41. The maximum atomic E-state index is 11.9. The number of sulfonamides is 1. The maximum absolute atomic E-state index is 11.9. The summed E-state index contributed by atoms with van der Waals surface area (Å²) >= 11 is 0. The summed E-state index contributed by atoms with van der Waals surface area (Å²) in [6.45, 7) is 8.38. The lowest BCUT2D eigenvalue weighted by molar-refractivity contribution is 0.0949. The minimum absolute atomic E-state index is 0.162. The van der Waals surface area contributed by atoms with Crippen LogP contribution in [-0.2, 0) is 10.0 Å². The molecule has 0 aromatic heterocycles. The van der Waals surface area contributed by atoms with Crippen molar-refractivity contribution in [1.29, 1.82) is 0 Å². The van der Waals surface area contributed by atoms with E-state index >= 15 is 0 Å². The number of carbonyl (C=O) groups is 1. The number of hydrogen-bond acceptors (Lipinski definition) is 3. The number of hydrogen-bond donors (Lipinski definition) is 1. The molecular formula is C15H22N2O3S. The van der Waals surface area contributed by atoms with Crippen molar-refractivity contribution in [2.75, 3.05) is 23.7 Å². The molecule has 6 heteroatoms. The summed E-state index contributed by atoms with van der Waals surface area (Å²) in [6.07, 6.45) is 2.66. The largest absolute Gasteiger partial charge is 0.352 e. The van der Waals surface area contributed by atoms with Gasteiger partial charge in [-0.05, 0) is 30.2 Å². The summed E-state index contributed by atoms with van der Waals surface area (Å²) < 4.78 is 24.7. The Kier molecular flexibility index (Phi) is 5.96. The number of rotatable bonds is 7. The zero-order chi connectivity index (χ0) is 16.0.